The summed E-state index contributed by atoms with van der Waals surface area (Å²) >= 11 is 0. The summed E-state index contributed by atoms with van der Waals surface area (Å²) in [4.78, 5) is 4.99. The highest BCUT2D eigenvalue weighted by molar-refractivity contribution is 5.85. The fourth-order valence-corrected chi connectivity index (χ4v) is 3.60. The molecule has 0 saturated carbocycles. The number of rotatable bonds is 4. The van der Waals surface area contributed by atoms with E-state index >= 15 is 0 Å². The van der Waals surface area contributed by atoms with Crippen LogP contribution in [0.2, 0.25) is 0 Å². The molecule has 3 nitrogen and oxygen atoms in total. The van der Waals surface area contributed by atoms with E-state index in [2.05, 4.69) is 42.1 Å². The van der Waals surface area contributed by atoms with Crippen LogP contribution in [-0.4, -0.2) is 42.5 Å². The van der Waals surface area contributed by atoms with E-state index in [1.807, 2.05) is 0 Å². The molecule has 0 fully saturated rings. The second kappa shape index (κ2) is 8.96. The molecule has 0 amide bonds. The molecule has 1 aliphatic heterocycles. The van der Waals surface area contributed by atoms with E-state index in [1.165, 1.54) is 45.3 Å². The predicted molar refractivity (Wildman–Crippen MR) is 93.8 cm³/mol. The summed E-state index contributed by atoms with van der Waals surface area (Å²) in [6.07, 6.45) is 5.31. The second-order valence-corrected chi connectivity index (χ2v) is 6.03. The molecule has 122 valence electrons. The first-order valence-corrected chi connectivity index (χ1v) is 7.25. The molecule has 0 saturated heterocycles. The molecular formula is C16H28Cl2N2O. The standard InChI is InChI=1S/C16H24N2.2ClH.H2O/c1-17(2)10-5-11-18-12-14-8-3-6-13-7-4-9-15(18)16(13)14;;;/h3,6,8,15H,4-5,7,9-12H2,1-2H3;2*1H;1H2. The number of halogens is 2. The summed E-state index contributed by atoms with van der Waals surface area (Å²) in [6, 6.07) is 7.66. The first kappa shape index (κ1) is 20.7. The fourth-order valence-electron chi connectivity index (χ4n) is 3.60. The van der Waals surface area contributed by atoms with Crippen molar-refractivity contribution in [3.8, 4) is 0 Å². The third-order valence-electron chi connectivity index (χ3n) is 4.41. The van der Waals surface area contributed by atoms with Crippen LogP contribution in [-0.2, 0) is 13.0 Å². The summed E-state index contributed by atoms with van der Waals surface area (Å²) < 4.78 is 0. The minimum atomic E-state index is 0. The van der Waals surface area contributed by atoms with Crippen molar-refractivity contribution in [2.75, 3.05) is 27.2 Å². The number of hydrogen-bond donors (Lipinski definition) is 0. The Morgan fingerprint density at radius 2 is 1.90 bits per heavy atom. The van der Waals surface area contributed by atoms with Gasteiger partial charge in [0, 0.05) is 19.1 Å². The van der Waals surface area contributed by atoms with Crippen LogP contribution < -0.4 is 0 Å². The smallest absolute Gasteiger partial charge is 0.0357 e. The van der Waals surface area contributed by atoms with Gasteiger partial charge < -0.3 is 10.4 Å². The number of hydrogen-bond acceptors (Lipinski definition) is 2. The largest absolute Gasteiger partial charge is 0.412 e. The maximum atomic E-state index is 2.71. The lowest BCUT2D eigenvalue weighted by atomic mass is 9.87. The molecule has 0 bridgehead atoms. The van der Waals surface area contributed by atoms with Gasteiger partial charge in [0.1, 0.15) is 0 Å². The van der Waals surface area contributed by atoms with E-state index in [9.17, 15) is 0 Å². The first-order valence-electron chi connectivity index (χ1n) is 7.25. The van der Waals surface area contributed by atoms with Gasteiger partial charge in [0.05, 0.1) is 0 Å². The maximum Gasteiger partial charge on any atom is 0.0357 e. The fraction of sp³-hybridized carbons (Fsp3) is 0.625. The summed E-state index contributed by atoms with van der Waals surface area (Å²) in [5, 5.41) is 0. The summed E-state index contributed by atoms with van der Waals surface area (Å²) in [7, 11) is 4.33. The quantitative estimate of drug-likeness (QED) is 0.849. The van der Waals surface area contributed by atoms with E-state index in [1.54, 1.807) is 16.7 Å². The van der Waals surface area contributed by atoms with Gasteiger partial charge in [0.2, 0.25) is 0 Å². The monoisotopic (exact) mass is 334 g/mol. The molecule has 0 aromatic heterocycles. The van der Waals surface area contributed by atoms with Crippen molar-refractivity contribution in [1.82, 2.24) is 9.80 Å². The van der Waals surface area contributed by atoms with Crippen LogP contribution in [0.1, 0.15) is 42.0 Å². The molecule has 0 spiro atoms. The molecule has 2 N–H and O–H groups in total. The summed E-state index contributed by atoms with van der Waals surface area (Å²) in [5.41, 5.74) is 4.91. The van der Waals surface area contributed by atoms with Crippen molar-refractivity contribution in [3.63, 3.8) is 0 Å². The molecule has 1 unspecified atom stereocenters. The van der Waals surface area contributed by atoms with Gasteiger partial charge in [-0.2, -0.15) is 0 Å². The Balaban J connectivity index is 0.00000133. The second-order valence-electron chi connectivity index (χ2n) is 6.03. The van der Waals surface area contributed by atoms with Crippen molar-refractivity contribution in [3.05, 3.63) is 34.9 Å². The van der Waals surface area contributed by atoms with E-state index in [0.717, 1.165) is 6.04 Å². The van der Waals surface area contributed by atoms with Gasteiger partial charge in [-0.25, -0.2) is 0 Å². The molecule has 3 rings (SSSR count). The van der Waals surface area contributed by atoms with Gasteiger partial charge in [-0.15, -0.1) is 24.8 Å². The van der Waals surface area contributed by atoms with Crippen LogP contribution in [0.15, 0.2) is 18.2 Å². The van der Waals surface area contributed by atoms with Gasteiger partial charge in [-0.1, -0.05) is 18.2 Å². The molecule has 21 heavy (non-hydrogen) atoms. The Hall–Kier alpha value is -0.320. The lowest BCUT2D eigenvalue weighted by molar-refractivity contribution is 0.188. The van der Waals surface area contributed by atoms with Crippen molar-refractivity contribution in [1.29, 1.82) is 0 Å². The van der Waals surface area contributed by atoms with Gasteiger partial charge in [0.15, 0.2) is 0 Å². The van der Waals surface area contributed by atoms with Crippen molar-refractivity contribution < 1.29 is 5.48 Å². The average Bonchev–Trinajstić information content (AvgIpc) is 2.70. The highest BCUT2D eigenvalue weighted by Crippen LogP contribution is 2.42. The van der Waals surface area contributed by atoms with Gasteiger partial charge in [0.25, 0.3) is 0 Å². The first-order chi connectivity index (χ1) is 8.75. The van der Waals surface area contributed by atoms with Crippen LogP contribution in [0.5, 0.6) is 0 Å². The maximum absolute atomic E-state index is 2.71. The molecule has 5 heteroatoms. The topological polar surface area (TPSA) is 38.0 Å². The molecule has 1 aromatic rings. The SMILES string of the molecule is CN(C)CCCN1Cc2cccc3c2C1CCC3.Cl.Cl.O. The zero-order valence-corrected chi connectivity index (χ0v) is 14.6. The van der Waals surface area contributed by atoms with Gasteiger partial charge in [-0.3, -0.25) is 4.90 Å². The highest BCUT2D eigenvalue weighted by Gasteiger charge is 2.33. The lowest BCUT2D eigenvalue weighted by Gasteiger charge is -2.29. The molecule has 1 heterocycles. The molecule has 1 aliphatic carbocycles. The van der Waals surface area contributed by atoms with Gasteiger partial charge >= 0.3 is 0 Å². The molecule has 0 radical (unpaired) electrons. The zero-order chi connectivity index (χ0) is 12.5. The minimum Gasteiger partial charge on any atom is -0.412 e. The Morgan fingerprint density at radius 3 is 2.62 bits per heavy atom. The molecule has 1 aromatic carbocycles. The number of benzene rings is 1. The zero-order valence-electron chi connectivity index (χ0n) is 13.0. The highest BCUT2D eigenvalue weighted by atomic mass is 35.5. The Morgan fingerprint density at radius 1 is 1.19 bits per heavy atom. The Labute approximate surface area is 140 Å². The van der Waals surface area contributed by atoms with E-state index in [4.69, 9.17) is 0 Å². The van der Waals surface area contributed by atoms with Crippen LogP contribution in [0.25, 0.3) is 0 Å². The minimum absolute atomic E-state index is 0. The molecule has 2 aliphatic rings. The van der Waals surface area contributed by atoms with Crippen molar-refractivity contribution in [2.45, 2.75) is 38.3 Å². The predicted octanol–water partition coefficient (Wildman–Crippen LogP) is 2.85. The van der Waals surface area contributed by atoms with Gasteiger partial charge in [-0.05, 0) is 63.0 Å². The van der Waals surface area contributed by atoms with Crippen LogP contribution in [0.3, 0.4) is 0 Å². The van der Waals surface area contributed by atoms with E-state index in [-0.39, 0.29) is 30.3 Å². The number of nitrogens with zero attached hydrogens (tertiary/aromatic N) is 2. The summed E-state index contributed by atoms with van der Waals surface area (Å²) in [5.74, 6) is 0. The molecular weight excluding hydrogens is 307 g/mol. The summed E-state index contributed by atoms with van der Waals surface area (Å²) in [6.45, 7) is 3.63. The normalized spacial score (nSPS) is 19.3. The van der Waals surface area contributed by atoms with Crippen LogP contribution >= 0.6 is 24.8 Å². The lowest BCUT2D eigenvalue weighted by Crippen LogP contribution is -2.27. The molecule has 1 atom stereocenters. The van der Waals surface area contributed by atoms with Crippen molar-refractivity contribution in [2.24, 2.45) is 0 Å². The third kappa shape index (κ3) is 4.33. The van der Waals surface area contributed by atoms with E-state index < -0.39 is 0 Å². The van der Waals surface area contributed by atoms with Crippen LogP contribution in [0, 0.1) is 0 Å². The Kier molecular flexibility index (Phi) is 8.83. The van der Waals surface area contributed by atoms with E-state index in [0.29, 0.717) is 0 Å². The van der Waals surface area contributed by atoms with Crippen LogP contribution in [0.4, 0.5) is 0 Å². The third-order valence-corrected chi connectivity index (χ3v) is 4.41. The Bertz CT molecular complexity index is 440. The number of aryl methyl sites for hydroxylation is 1. The van der Waals surface area contributed by atoms with Crippen molar-refractivity contribution >= 4 is 24.8 Å². The average molecular weight is 335 g/mol.